The molecule has 5 nitrogen and oxygen atoms in total. The minimum absolute atomic E-state index is 0.206. The van der Waals surface area contributed by atoms with Gasteiger partial charge < -0.3 is 19.5 Å². The first-order valence-corrected chi connectivity index (χ1v) is 8.83. The van der Waals surface area contributed by atoms with Crippen LogP contribution in [0.25, 0.3) is 0 Å². The monoisotopic (exact) mass is 357 g/mol. The Bertz CT molecular complexity index is 728. The lowest BCUT2D eigenvalue weighted by Crippen LogP contribution is -2.13. The van der Waals surface area contributed by atoms with E-state index in [0.717, 1.165) is 11.3 Å². The number of benzene rings is 2. The quantitative estimate of drug-likeness (QED) is 0.717. The Morgan fingerprint density at radius 3 is 2.58 bits per heavy atom. The van der Waals surface area contributed by atoms with Crippen molar-refractivity contribution < 1.29 is 19.0 Å². The molecule has 1 N–H and O–H groups in total. The van der Waals surface area contributed by atoms with E-state index in [1.165, 1.54) is 0 Å². The van der Waals surface area contributed by atoms with Crippen molar-refractivity contribution in [1.29, 1.82) is 0 Å². The Hall–Kier alpha value is -2.53. The van der Waals surface area contributed by atoms with Gasteiger partial charge in [-0.3, -0.25) is 4.79 Å². The average molecular weight is 357 g/mol. The van der Waals surface area contributed by atoms with Gasteiger partial charge in [-0.05, 0) is 43.2 Å². The van der Waals surface area contributed by atoms with Crippen LogP contribution in [0.1, 0.15) is 36.7 Å². The number of carbonyl (C=O) groups excluding carboxylic acids is 1. The second-order valence-corrected chi connectivity index (χ2v) is 6.32. The molecule has 0 fully saturated rings. The van der Waals surface area contributed by atoms with Gasteiger partial charge in [0.15, 0.2) is 0 Å². The summed E-state index contributed by atoms with van der Waals surface area (Å²) in [7, 11) is 1.58. The molecule has 0 atom stereocenters. The zero-order valence-electron chi connectivity index (χ0n) is 15.9. The normalized spacial score (nSPS) is 10.7. The van der Waals surface area contributed by atoms with Crippen LogP contribution in [-0.4, -0.2) is 26.2 Å². The molecular weight excluding hydrogens is 330 g/mol. The van der Waals surface area contributed by atoms with E-state index in [1.807, 2.05) is 31.2 Å². The first-order valence-electron chi connectivity index (χ1n) is 8.83. The number of rotatable bonds is 9. The molecule has 0 saturated heterocycles. The maximum Gasteiger partial charge on any atom is 0.255 e. The maximum atomic E-state index is 12.6. The first-order chi connectivity index (χ1) is 12.5. The Labute approximate surface area is 155 Å². The summed E-state index contributed by atoms with van der Waals surface area (Å²) in [6, 6.07) is 12.7. The second kappa shape index (κ2) is 9.82. The number of anilines is 1. The van der Waals surface area contributed by atoms with Gasteiger partial charge in [-0.2, -0.15) is 0 Å². The standard InChI is InChI=1S/C21H27NO4/c1-5-26-19-11-10-16(12-17(19)14-25-13-15(2)3)21(23)22-18-8-6-7-9-20(18)24-4/h6-12,15H,5,13-14H2,1-4H3,(H,22,23). The van der Waals surface area contributed by atoms with Crippen LogP contribution >= 0.6 is 0 Å². The molecule has 0 unspecified atom stereocenters. The summed E-state index contributed by atoms with van der Waals surface area (Å²) < 4.78 is 16.7. The molecule has 5 heteroatoms. The zero-order valence-corrected chi connectivity index (χ0v) is 15.9. The van der Waals surface area contributed by atoms with Gasteiger partial charge in [-0.25, -0.2) is 0 Å². The van der Waals surface area contributed by atoms with E-state index in [1.54, 1.807) is 25.3 Å². The first kappa shape index (κ1) is 19.8. The Morgan fingerprint density at radius 1 is 1.12 bits per heavy atom. The minimum Gasteiger partial charge on any atom is -0.495 e. The summed E-state index contributed by atoms with van der Waals surface area (Å²) in [6.45, 7) is 7.75. The molecule has 26 heavy (non-hydrogen) atoms. The topological polar surface area (TPSA) is 56.8 Å². The van der Waals surface area contributed by atoms with Gasteiger partial charge in [-0.15, -0.1) is 0 Å². The fourth-order valence-corrected chi connectivity index (χ4v) is 2.48. The van der Waals surface area contributed by atoms with Crippen molar-refractivity contribution in [2.75, 3.05) is 25.6 Å². The molecule has 0 heterocycles. The molecule has 2 aromatic rings. The van der Waals surface area contributed by atoms with E-state index in [9.17, 15) is 4.79 Å². The lowest BCUT2D eigenvalue weighted by molar-refractivity contribution is 0.0948. The van der Waals surface area contributed by atoms with Crippen molar-refractivity contribution in [3.8, 4) is 11.5 Å². The highest BCUT2D eigenvalue weighted by atomic mass is 16.5. The summed E-state index contributed by atoms with van der Waals surface area (Å²) in [5.41, 5.74) is 2.04. The third-order valence-electron chi connectivity index (χ3n) is 3.69. The summed E-state index contributed by atoms with van der Waals surface area (Å²) in [6.07, 6.45) is 0. The Balaban J connectivity index is 2.18. The van der Waals surface area contributed by atoms with Gasteiger partial charge in [0.1, 0.15) is 11.5 Å². The number of para-hydroxylation sites is 2. The van der Waals surface area contributed by atoms with Gasteiger partial charge in [0.2, 0.25) is 0 Å². The van der Waals surface area contributed by atoms with Crippen molar-refractivity contribution in [3.63, 3.8) is 0 Å². The number of nitrogens with one attached hydrogen (secondary N) is 1. The molecule has 0 aliphatic rings. The Morgan fingerprint density at radius 2 is 1.88 bits per heavy atom. The van der Waals surface area contributed by atoms with E-state index in [2.05, 4.69) is 19.2 Å². The van der Waals surface area contributed by atoms with Crippen LogP contribution in [0.5, 0.6) is 11.5 Å². The van der Waals surface area contributed by atoms with E-state index >= 15 is 0 Å². The van der Waals surface area contributed by atoms with Crippen LogP contribution in [0.2, 0.25) is 0 Å². The van der Waals surface area contributed by atoms with Gasteiger partial charge in [-0.1, -0.05) is 26.0 Å². The highest BCUT2D eigenvalue weighted by Crippen LogP contribution is 2.25. The summed E-state index contributed by atoms with van der Waals surface area (Å²) in [5.74, 6) is 1.60. The zero-order chi connectivity index (χ0) is 18.9. The van der Waals surface area contributed by atoms with E-state index < -0.39 is 0 Å². The van der Waals surface area contributed by atoms with Crippen molar-refractivity contribution in [1.82, 2.24) is 0 Å². The predicted molar refractivity (Wildman–Crippen MR) is 103 cm³/mol. The van der Waals surface area contributed by atoms with Gasteiger partial charge >= 0.3 is 0 Å². The largest absolute Gasteiger partial charge is 0.495 e. The molecule has 0 aromatic heterocycles. The molecule has 2 aromatic carbocycles. The van der Waals surface area contributed by atoms with Crippen LogP contribution in [0.4, 0.5) is 5.69 Å². The van der Waals surface area contributed by atoms with Crippen LogP contribution < -0.4 is 14.8 Å². The maximum absolute atomic E-state index is 12.6. The third-order valence-corrected chi connectivity index (χ3v) is 3.69. The van der Waals surface area contributed by atoms with E-state index in [4.69, 9.17) is 14.2 Å². The van der Waals surface area contributed by atoms with E-state index in [-0.39, 0.29) is 5.91 Å². The fraction of sp³-hybridized carbons (Fsp3) is 0.381. The Kier molecular flexibility index (Phi) is 7.48. The van der Waals surface area contributed by atoms with Gasteiger partial charge in [0.05, 0.1) is 26.0 Å². The summed E-state index contributed by atoms with van der Waals surface area (Å²) in [5, 5.41) is 2.89. The summed E-state index contributed by atoms with van der Waals surface area (Å²) in [4.78, 5) is 12.6. The number of hydrogen-bond acceptors (Lipinski definition) is 4. The average Bonchev–Trinajstić information content (AvgIpc) is 2.63. The van der Waals surface area contributed by atoms with Gasteiger partial charge in [0, 0.05) is 17.7 Å². The second-order valence-electron chi connectivity index (χ2n) is 6.32. The summed E-state index contributed by atoms with van der Waals surface area (Å²) >= 11 is 0. The van der Waals surface area contributed by atoms with Crippen molar-refractivity contribution in [2.24, 2.45) is 5.92 Å². The molecule has 140 valence electrons. The van der Waals surface area contributed by atoms with Crippen molar-refractivity contribution in [3.05, 3.63) is 53.6 Å². The molecule has 1 amide bonds. The fourth-order valence-electron chi connectivity index (χ4n) is 2.48. The molecule has 2 rings (SSSR count). The number of amides is 1. The lowest BCUT2D eigenvalue weighted by atomic mass is 10.1. The number of methoxy groups -OCH3 is 1. The molecule has 0 spiro atoms. The van der Waals surface area contributed by atoms with Crippen LogP contribution in [0, 0.1) is 5.92 Å². The third kappa shape index (κ3) is 5.49. The molecule has 0 radical (unpaired) electrons. The smallest absolute Gasteiger partial charge is 0.255 e. The highest BCUT2D eigenvalue weighted by Gasteiger charge is 2.13. The number of carbonyl (C=O) groups is 1. The SMILES string of the molecule is CCOc1ccc(C(=O)Nc2ccccc2OC)cc1COCC(C)C. The van der Waals surface area contributed by atoms with Gasteiger partial charge in [0.25, 0.3) is 5.91 Å². The van der Waals surface area contributed by atoms with Crippen LogP contribution in [0.3, 0.4) is 0 Å². The molecule has 0 saturated carbocycles. The molecule has 0 aliphatic carbocycles. The lowest BCUT2D eigenvalue weighted by Gasteiger charge is -2.14. The molecular formula is C21H27NO4. The van der Waals surface area contributed by atoms with Crippen molar-refractivity contribution in [2.45, 2.75) is 27.4 Å². The predicted octanol–water partition coefficient (Wildman–Crippen LogP) is 4.52. The van der Waals surface area contributed by atoms with Crippen LogP contribution in [-0.2, 0) is 11.3 Å². The molecule has 0 bridgehead atoms. The highest BCUT2D eigenvalue weighted by molar-refractivity contribution is 6.05. The number of ether oxygens (including phenoxy) is 3. The molecule has 0 aliphatic heterocycles. The van der Waals surface area contributed by atoms with Crippen molar-refractivity contribution >= 4 is 11.6 Å². The van der Waals surface area contributed by atoms with Crippen LogP contribution in [0.15, 0.2) is 42.5 Å². The number of hydrogen-bond donors (Lipinski definition) is 1. The minimum atomic E-state index is -0.206. The van der Waals surface area contributed by atoms with E-state index in [0.29, 0.717) is 42.7 Å².